The summed E-state index contributed by atoms with van der Waals surface area (Å²) in [6.07, 6.45) is 0. The summed E-state index contributed by atoms with van der Waals surface area (Å²) in [6.45, 7) is 8.80. The van der Waals surface area contributed by atoms with E-state index in [-0.39, 0.29) is 17.5 Å². The molecule has 0 saturated carbocycles. The summed E-state index contributed by atoms with van der Waals surface area (Å²) >= 11 is 1.29. The molecule has 0 aliphatic heterocycles. The van der Waals surface area contributed by atoms with Gasteiger partial charge in [0.05, 0.1) is 5.75 Å². The molecular formula is C14H19FN2OS. The predicted molar refractivity (Wildman–Crippen MR) is 78.6 cm³/mol. The highest BCUT2D eigenvalue weighted by atomic mass is 32.2. The van der Waals surface area contributed by atoms with E-state index in [0.717, 1.165) is 5.57 Å². The Kier molecular flexibility index (Phi) is 5.89. The lowest BCUT2D eigenvalue weighted by Gasteiger charge is -2.20. The molecule has 1 rings (SSSR count). The number of benzene rings is 1. The van der Waals surface area contributed by atoms with Crippen LogP contribution in [0.2, 0.25) is 0 Å². The molecule has 0 saturated heterocycles. The van der Waals surface area contributed by atoms with Crippen LogP contribution < -0.4 is 5.73 Å². The molecule has 1 aromatic rings. The minimum absolute atomic E-state index is 0.0123. The topological polar surface area (TPSA) is 46.3 Å². The fourth-order valence-corrected chi connectivity index (χ4v) is 2.49. The van der Waals surface area contributed by atoms with Gasteiger partial charge in [-0.2, -0.15) is 0 Å². The Morgan fingerprint density at radius 3 is 2.68 bits per heavy atom. The van der Waals surface area contributed by atoms with Gasteiger partial charge in [0.2, 0.25) is 5.91 Å². The quantitative estimate of drug-likeness (QED) is 0.496. The maximum atomic E-state index is 13.1. The molecule has 0 fully saturated rings. The van der Waals surface area contributed by atoms with Crippen molar-refractivity contribution in [1.29, 1.82) is 0 Å². The van der Waals surface area contributed by atoms with Crippen LogP contribution in [0.25, 0.3) is 0 Å². The van der Waals surface area contributed by atoms with Crippen molar-refractivity contribution in [3.8, 4) is 0 Å². The molecular weight excluding hydrogens is 263 g/mol. The van der Waals surface area contributed by atoms with E-state index >= 15 is 0 Å². The number of nitrogen functional groups attached to an aromatic ring is 1. The smallest absolute Gasteiger partial charge is 0.233 e. The lowest BCUT2D eigenvalue weighted by molar-refractivity contribution is -0.127. The number of hydrogen-bond donors (Lipinski definition) is 1. The van der Waals surface area contributed by atoms with Gasteiger partial charge in [0.15, 0.2) is 0 Å². The maximum Gasteiger partial charge on any atom is 0.233 e. The number of anilines is 1. The maximum absolute atomic E-state index is 13.1. The largest absolute Gasteiger partial charge is 0.399 e. The Morgan fingerprint density at radius 2 is 2.16 bits per heavy atom. The van der Waals surface area contributed by atoms with Crippen molar-refractivity contribution in [2.24, 2.45) is 0 Å². The highest BCUT2D eigenvalue weighted by Crippen LogP contribution is 2.22. The molecule has 104 valence electrons. The first-order valence-corrected chi connectivity index (χ1v) is 7.02. The van der Waals surface area contributed by atoms with Crippen LogP contribution in [0.4, 0.5) is 10.1 Å². The Balaban J connectivity index is 2.59. The number of rotatable bonds is 6. The van der Waals surface area contributed by atoms with Crippen molar-refractivity contribution in [1.82, 2.24) is 4.90 Å². The second-order valence-electron chi connectivity index (χ2n) is 4.37. The summed E-state index contributed by atoms with van der Waals surface area (Å²) in [5, 5.41) is 0. The van der Waals surface area contributed by atoms with Gasteiger partial charge in [0.25, 0.3) is 0 Å². The monoisotopic (exact) mass is 282 g/mol. The Bertz CT molecular complexity index is 456. The Hall–Kier alpha value is -1.49. The van der Waals surface area contributed by atoms with Crippen molar-refractivity contribution in [3.63, 3.8) is 0 Å². The molecule has 0 aliphatic rings. The number of carbonyl (C=O) groups excluding carboxylic acids is 1. The molecule has 0 radical (unpaired) electrons. The van der Waals surface area contributed by atoms with Crippen LogP contribution in [0.1, 0.15) is 13.8 Å². The number of hydrogen-bond acceptors (Lipinski definition) is 3. The summed E-state index contributed by atoms with van der Waals surface area (Å²) in [6, 6.07) is 4.30. The first-order chi connectivity index (χ1) is 8.92. The zero-order chi connectivity index (χ0) is 14.4. The molecule has 0 spiro atoms. The molecule has 0 unspecified atom stereocenters. The number of nitrogens with zero attached hydrogens (tertiary/aromatic N) is 1. The lowest BCUT2D eigenvalue weighted by atomic mass is 10.3. The van der Waals surface area contributed by atoms with Crippen LogP contribution in [0.15, 0.2) is 35.2 Å². The van der Waals surface area contributed by atoms with Gasteiger partial charge in [-0.1, -0.05) is 12.2 Å². The normalized spacial score (nSPS) is 10.3. The third-order valence-corrected chi connectivity index (χ3v) is 3.41. The summed E-state index contributed by atoms with van der Waals surface area (Å²) in [4.78, 5) is 14.4. The average molecular weight is 282 g/mol. The van der Waals surface area contributed by atoms with E-state index in [4.69, 9.17) is 5.73 Å². The van der Waals surface area contributed by atoms with Crippen LogP contribution in [0, 0.1) is 5.82 Å². The van der Waals surface area contributed by atoms with Crippen LogP contribution in [-0.4, -0.2) is 29.6 Å². The van der Waals surface area contributed by atoms with Gasteiger partial charge < -0.3 is 10.6 Å². The van der Waals surface area contributed by atoms with E-state index in [1.165, 1.54) is 23.9 Å². The second kappa shape index (κ2) is 7.19. The van der Waals surface area contributed by atoms with Crippen molar-refractivity contribution >= 4 is 23.4 Å². The molecule has 2 N–H and O–H groups in total. The lowest BCUT2D eigenvalue weighted by Crippen LogP contribution is -2.33. The number of carbonyl (C=O) groups is 1. The van der Waals surface area contributed by atoms with Gasteiger partial charge in [-0.3, -0.25) is 4.79 Å². The molecule has 5 heteroatoms. The van der Waals surface area contributed by atoms with E-state index < -0.39 is 0 Å². The van der Waals surface area contributed by atoms with Crippen molar-refractivity contribution in [2.45, 2.75) is 18.7 Å². The van der Waals surface area contributed by atoms with E-state index in [0.29, 0.717) is 23.7 Å². The fourth-order valence-electron chi connectivity index (χ4n) is 1.61. The van der Waals surface area contributed by atoms with Crippen LogP contribution >= 0.6 is 11.8 Å². The Labute approximate surface area is 117 Å². The molecule has 1 aromatic carbocycles. The molecule has 0 heterocycles. The van der Waals surface area contributed by atoms with E-state index in [1.807, 2.05) is 13.8 Å². The van der Waals surface area contributed by atoms with Gasteiger partial charge in [-0.25, -0.2) is 4.39 Å². The summed E-state index contributed by atoms with van der Waals surface area (Å²) in [5.41, 5.74) is 6.86. The fraction of sp³-hybridized carbons (Fsp3) is 0.357. The zero-order valence-electron chi connectivity index (χ0n) is 11.3. The van der Waals surface area contributed by atoms with Crippen LogP contribution in [0.5, 0.6) is 0 Å². The van der Waals surface area contributed by atoms with Crippen molar-refractivity contribution in [3.05, 3.63) is 36.2 Å². The number of likely N-dealkylation sites (N-methyl/N-ethyl adjacent to an activating group) is 1. The van der Waals surface area contributed by atoms with Crippen molar-refractivity contribution < 1.29 is 9.18 Å². The minimum Gasteiger partial charge on any atom is -0.399 e. The highest BCUT2D eigenvalue weighted by Gasteiger charge is 2.12. The minimum atomic E-state index is -0.385. The SMILES string of the molecule is C=C(C)CN(CC)C(=O)CSc1cc(N)cc(F)c1. The predicted octanol–water partition coefficient (Wildman–Crippen LogP) is 2.92. The van der Waals surface area contributed by atoms with Gasteiger partial charge in [-0.05, 0) is 32.0 Å². The third-order valence-electron chi connectivity index (χ3n) is 2.45. The average Bonchev–Trinajstić information content (AvgIpc) is 2.31. The van der Waals surface area contributed by atoms with Gasteiger partial charge >= 0.3 is 0 Å². The van der Waals surface area contributed by atoms with E-state index in [2.05, 4.69) is 6.58 Å². The molecule has 0 aliphatic carbocycles. The van der Waals surface area contributed by atoms with Crippen LogP contribution in [-0.2, 0) is 4.79 Å². The van der Waals surface area contributed by atoms with E-state index in [1.54, 1.807) is 11.0 Å². The number of amides is 1. The summed E-state index contributed by atoms with van der Waals surface area (Å²) in [5.74, 6) is -0.105. The van der Waals surface area contributed by atoms with Gasteiger partial charge in [0.1, 0.15) is 5.82 Å². The second-order valence-corrected chi connectivity index (χ2v) is 5.42. The van der Waals surface area contributed by atoms with Crippen LogP contribution in [0.3, 0.4) is 0 Å². The summed E-state index contributed by atoms with van der Waals surface area (Å²) < 4.78 is 13.1. The molecule has 3 nitrogen and oxygen atoms in total. The molecule has 0 aromatic heterocycles. The number of nitrogens with two attached hydrogens (primary N) is 1. The molecule has 0 atom stereocenters. The standard InChI is InChI=1S/C14H19FN2OS/c1-4-17(8-10(2)3)14(18)9-19-13-6-11(15)5-12(16)7-13/h5-7H,2,4,8-9,16H2,1,3H3. The first-order valence-electron chi connectivity index (χ1n) is 6.03. The van der Waals surface area contributed by atoms with Gasteiger partial charge in [-0.15, -0.1) is 11.8 Å². The molecule has 1 amide bonds. The molecule has 0 bridgehead atoms. The molecule has 19 heavy (non-hydrogen) atoms. The highest BCUT2D eigenvalue weighted by molar-refractivity contribution is 8.00. The number of halogens is 1. The zero-order valence-corrected chi connectivity index (χ0v) is 12.1. The van der Waals surface area contributed by atoms with E-state index in [9.17, 15) is 9.18 Å². The third kappa shape index (κ3) is 5.34. The summed E-state index contributed by atoms with van der Waals surface area (Å²) in [7, 11) is 0. The number of thioether (sulfide) groups is 1. The van der Waals surface area contributed by atoms with Gasteiger partial charge in [0, 0.05) is 23.7 Å². The van der Waals surface area contributed by atoms with Crippen molar-refractivity contribution in [2.75, 3.05) is 24.6 Å². The Morgan fingerprint density at radius 1 is 1.47 bits per heavy atom. The first kappa shape index (κ1) is 15.6.